The summed E-state index contributed by atoms with van der Waals surface area (Å²) in [6.07, 6.45) is 4.10. The van der Waals surface area contributed by atoms with E-state index in [0.717, 1.165) is 34.3 Å². The normalized spacial score (nSPS) is 11.3. The molecule has 0 aliphatic rings. The van der Waals surface area contributed by atoms with Gasteiger partial charge in [-0.25, -0.2) is 4.98 Å². The number of aromatic nitrogens is 3. The molecule has 0 amide bonds. The first-order chi connectivity index (χ1) is 9.24. The summed E-state index contributed by atoms with van der Waals surface area (Å²) in [5.41, 5.74) is 4.28. The van der Waals surface area contributed by atoms with Crippen molar-refractivity contribution >= 4 is 17.4 Å². The summed E-state index contributed by atoms with van der Waals surface area (Å²) in [4.78, 5) is 4.58. The van der Waals surface area contributed by atoms with E-state index in [9.17, 15) is 0 Å². The summed E-state index contributed by atoms with van der Waals surface area (Å²) in [6, 6.07) is 6.03. The molecule has 4 nitrogen and oxygen atoms in total. The van der Waals surface area contributed by atoms with Crippen LogP contribution in [-0.4, -0.2) is 14.5 Å². The van der Waals surface area contributed by atoms with Gasteiger partial charge in [-0.05, 0) is 26.0 Å². The van der Waals surface area contributed by atoms with E-state index in [2.05, 4.69) is 16.3 Å². The summed E-state index contributed by atoms with van der Waals surface area (Å²) in [7, 11) is 0. The van der Waals surface area contributed by atoms with Crippen molar-refractivity contribution in [2.24, 2.45) is 0 Å². The molecule has 3 aromatic rings. The number of imidazole rings is 1. The van der Waals surface area contributed by atoms with Crippen LogP contribution in [0.5, 0.6) is 0 Å². The Morgan fingerprint density at radius 2 is 2.16 bits per heavy atom. The molecule has 0 saturated heterocycles. The van der Waals surface area contributed by atoms with Crippen molar-refractivity contribution in [1.82, 2.24) is 14.5 Å². The van der Waals surface area contributed by atoms with Crippen LogP contribution in [0.2, 0.25) is 0 Å². The van der Waals surface area contributed by atoms with E-state index in [-0.39, 0.29) is 0 Å². The van der Waals surface area contributed by atoms with Gasteiger partial charge < -0.3 is 8.92 Å². The van der Waals surface area contributed by atoms with Gasteiger partial charge in [0, 0.05) is 29.5 Å². The van der Waals surface area contributed by atoms with Crippen LogP contribution < -0.4 is 0 Å². The van der Waals surface area contributed by atoms with Gasteiger partial charge >= 0.3 is 0 Å². The molecule has 0 radical (unpaired) electrons. The van der Waals surface area contributed by atoms with Crippen LogP contribution in [0.4, 0.5) is 0 Å². The molecule has 5 heteroatoms. The first-order valence-electron chi connectivity index (χ1n) is 6.16. The lowest BCUT2D eigenvalue weighted by molar-refractivity contribution is 0.392. The number of pyridine rings is 1. The monoisotopic (exact) mass is 273 g/mol. The zero-order chi connectivity index (χ0) is 13.2. The van der Waals surface area contributed by atoms with Crippen LogP contribution in [0, 0.1) is 13.8 Å². The second-order valence-corrected chi connectivity index (χ2v) is 5.48. The SMILES string of the molecule is Cc1noc(C)c1CSCc1cn2ccccc2n1. The van der Waals surface area contributed by atoms with Crippen molar-refractivity contribution in [2.45, 2.75) is 25.4 Å². The summed E-state index contributed by atoms with van der Waals surface area (Å²) < 4.78 is 7.21. The smallest absolute Gasteiger partial charge is 0.137 e. The minimum absolute atomic E-state index is 0.895. The van der Waals surface area contributed by atoms with Gasteiger partial charge in [-0.3, -0.25) is 0 Å². The number of nitrogens with zero attached hydrogens (tertiary/aromatic N) is 3. The molecule has 3 aromatic heterocycles. The van der Waals surface area contributed by atoms with Crippen molar-refractivity contribution in [3.63, 3.8) is 0 Å². The lowest BCUT2D eigenvalue weighted by Crippen LogP contribution is -1.86. The third-order valence-electron chi connectivity index (χ3n) is 3.09. The Morgan fingerprint density at radius 1 is 1.26 bits per heavy atom. The van der Waals surface area contributed by atoms with Gasteiger partial charge in [0.1, 0.15) is 11.4 Å². The highest BCUT2D eigenvalue weighted by atomic mass is 32.2. The van der Waals surface area contributed by atoms with Crippen LogP contribution in [0.25, 0.3) is 5.65 Å². The average Bonchev–Trinajstić information content (AvgIpc) is 2.95. The van der Waals surface area contributed by atoms with Crippen molar-refractivity contribution < 1.29 is 4.52 Å². The molecule has 3 rings (SSSR count). The largest absolute Gasteiger partial charge is 0.361 e. The molecule has 0 bridgehead atoms. The predicted molar refractivity (Wildman–Crippen MR) is 76.2 cm³/mol. The minimum atomic E-state index is 0.895. The number of fused-ring (bicyclic) bond motifs is 1. The standard InChI is InChI=1S/C14H15N3OS/c1-10-13(11(2)18-16-10)9-19-8-12-7-17-6-4-3-5-14(17)15-12/h3-7H,8-9H2,1-2H3. The number of hydrogen-bond donors (Lipinski definition) is 0. The van der Waals surface area contributed by atoms with E-state index >= 15 is 0 Å². The Morgan fingerprint density at radius 3 is 2.89 bits per heavy atom. The Balaban J connectivity index is 1.66. The van der Waals surface area contributed by atoms with Gasteiger partial charge in [-0.2, -0.15) is 11.8 Å². The molecule has 0 fully saturated rings. The van der Waals surface area contributed by atoms with E-state index in [1.807, 2.05) is 54.4 Å². The lowest BCUT2D eigenvalue weighted by atomic mass is 10.2. The second kappa shape index (κ2) is 5.09. The van der Waals surface area contributed by atoms with Crippen LogP contribution in [0.3, 0.4) is 0 Å². The number of aryl methyl sites for hydroxylation is 2. The summed E-state index contributed by atoms with van der Waals surface area (Å²) in [6.45, 7) is 3.94. The third kappa shape index (κ3) is 2.51. The molecule has 0 aliphatic heterocycles. The van der Waals surface area contributed by atoms with Crippen molar-refractivity contribution in [1.29, 1.82) is 0 Å². The maximum absolute atomic E-state index is 5.16. The fourth-order valence-electron chi connectivity index (χ4n) is 2.02. The number of thioether (sulfide) groups is 1. The summed E-state index contributed by atoms with van der Waals surface area (Å²) in [5, 5.41) is 3.97. The molecule has 19 heavy (non-hydrogen) atoms. The Labute approximate surface area is 115 Å². The maximum atomic E-state index is 5.16. The van der Waals surface area contributed by atoms with Crippen LogP contribution >= 0.6 is 11.8 Å². The van der Waals surface area contributed by atoms with E-state index in [4.69, 9.17) is 4.52 Å². The highest BCUT2D eigenvalue weighted by molar-refractivity contribution is 7.97. The Hall–Kier alpha value is -1.75. The average molecular weight is 273 g/mol. The van der Waals surface area contributed by atoms with Gasteiger partial charge in [0.25, 0.3) is 0 Å². The molecule has 0 spiro atoms. The van der Waals surface area contributed by atoms with E-state index in [1.54, 1.807) is 0 Å². The van der Waals surface area contributed by atoms with Gasteiger partial charge in [-0.1, -0.05) is 11.2 Å². The molecule has 0 N–H and O–H groups in total. The topological polar surface area (TPSA) is 43.3 Å². The molecule has 0 aromatic carbocycles. The van der Waals surface area contributed by atoms with Gasteiger partial charge in [0.15, 0.2) is 0 Å². The zero-order valence-corrected chi connectivity index (χ0v) is 11.8. The molecule has 3 heterocycles. The van der Waals surface area contributed by atoms with Crippen LogP contribution in [-0.2, 0) is 11.5 Å². The Bertz CT molecular complexity index is 649. The predicted octanol–water partition coefficient (Wildman–Crippen LogP) is 3.37. The minimum Gasteiger partial charge on any atom is -0.361 e. The molecule has 0 saturated carbocycles. The molecular formula is C14H15N3OS. The fraction of sp³-hybridized carbons (Fsp3) is 0.286. The number of hydrogen-bond acceptors (Lipinski definition) is 4. The summed E-state index contributed by atoms with van der Waals surface area (Å²) in [5.74, 6) is 2.72. The van der Waals surface area contributed by atoms with Crippen LogP contribution in [0.1, 0.15) is 22.7 Å². The van der Waals surface area contributed by atoms with Gasteiger partial charge in [0.2, 0.25) is 0 Å². The van der Waals surface area contributed by atoms with E-state index < -0.39 is 0 Å². The van der Waals surface area contributed by atoms with Crippen molar-refractivity contribution in [2.75, 3.05) is 0 Å². The van der Waals surface area contributed by atoms with E-state index in [0.29, 0.717) is 0 Å². The number of rotatable bonds is 4. The molecule has 0 atom stereocenters. The highest BCUT2D eigenvalue weighted by Gasteiger charge is 2.09. The lowest BCUT2D eigenvalue weighted by Gasteiger charge is -1.98. The fourth-order valence-corrected chi connectivity index (χ4v) is 3.09. The first kappa shape index (κ1) is 12.3. The molecule has 0 unspecified atom stereocenters. The van der Waals surface area contributed by atoms with Crippen LogP contribution in [0.15, 0.2) is 35.1 Å². The second-order valence-electron chi connectivity index (χ2n) is 4.49. The molecule has 0 aliphatic carbocycles. The van der Waals surface area contributed by atoms with Gasteiger partial charge in [0.05, 0.1) is 11.4 Å². The third-order valence-corrected chi connectivity index (χ3v) is 4.08. The quantitative estimate of drug-likeness (QED) is 0.731. The zero-order valence-electron chi connectivity index (χ0n) is 11.0. The maximum Gasteiger partial charge on any atom is 0.137 e. The van der Waals surface area contributed by atoms with Crippen molar-refractivity contribution in [3.8, 4) is 0 Å². The summed E-state index contributed by atoms with van der Waals surface area (Å²) >= 11 is 1.83. The Kier molecular flexibility index (Phi) is 3.29. The van der Waals surface area contributed by atoms with E-state index in [1.165, 1.54) is 5.56 Å². The highest BCUT2D eigenvalue weighted by Crippen LogP contribution is 2.22. The molecule has 98 valence electrons. The first-order valence-corrected chi connectivity index (χ1v) is 7.31. The van der Waals surface area contributed by atoms with Gasteiger partial charge in [-0.15, -0.1) is 0 Å². The molecular weight excluding hydrogens is 258 g/mol. The van der Waals surface area contributed by atoms with Crippen molar-refractivity contribution in [3.05, 3.63) is 53.3 Å².